The Kier molecular flexibility index (Phi) is 4.79. The van der Waals surface area contributed by atoms with Gasteiger partial charge in [-0.1, -0.05) is 27.7 Å². The molecule has 4 aliphatic carbocycles. The first-order chi connectivity index (χ1) is 12.3. The van der Waals surface area contributed by atoms with Crippen LogP contribution in [0.4, 0.5) is 0 Å². The third-order valence-corrected chi connectivity index (χ3v) is 10.5. The van der Waals surface area contributed by atoms with E-state index in [0.717, 1.165) is 48.9 Å². The summed E-state index contributed by atoms with van der Waals surface area (Å²) in [5.74, 6) is 4.58. The summed E-state index contributed by atoms with van der Waals surface area (Å²) in [4.78, 5) is 0. The fraction of sp³-hybridized carbons (Fsp3) is 1.00. The molecule has 2 nitrogen and oxygen atoms in total. The van der Waals surface area contributed by atoms with Gasteiger partial charge in [-0.25, -0.2) is 0 Å². The van der Waals surface area contributed by atoms with Crippen molar-refractivity contribution in [3.63, 3.8) is 0 Å². The van der Waals surface area contributed by atoms with Crippen LogP contribution >= 0.6 is 0 Å². The van der Waals surface area contributed by atoms with Crippen molar-refractivity contribution in [2.24, 2.45) is 46.3 Å². The maximum Gasteiger partial charge on any atom is 0.0648 e. The van der Waals surface area contributed by atoms with Crippen LogP contribution in [0.3, 0.4) is 0 Å². The van der Waals surface area contributed by atoms with Crippen LogP contribution in [0.25, 0.3) is 0 Å². The van der Waals surface area contributed by atoms with E-state index in [-0.39, 0.29) is 5.60 Å². The molecule has 2 heteroatoms. The number of rotatable bonds is 3. The lowest BCUT2D eigenvalue weighted by Gasteiger charge is -2.62. The van der Waals surface area contributed by atoms with Crippen molar-refractivity contribution in [2.45, 2.75) is 97.5 Å². The minimum absolute atomic E-state index is 0.358. The van der Waals surface area contributed by atoms with Gasteiger partial charge in [-0.3, -0.25) is 0 Å². The number of hydrogen-bond donors (Lipinski definition) is 2. The molecule has 4 fully saturated rings. The Labute approximate surface area is 161 Å². The van der Waals surface area contributed by atoms with Crippen molar-refractivity contribution in [1.82, 2.24) is 0 Å². The lowest BCUT2D eigenvalue weighted by molar-refractivity contribution is -0.153. The van der Waals surface area contributed by atoms with Gasteiger partial charge in [0.25, 0.3) is 0 Å². The summed E-state index contributed by atoms with van der Waals surface area (Å²) < 4.78 is 0. The Morgan fingerprint density at radius 3 is 2.35 bits per heavy atom. The topological polar surface area (TPSA) is 40.5 Å². The second-order valence-electron chi connectivity index (χ2n) is 11.3. The molecule has 0 aromatic rings. The summed E-state index contributed by atoms with van der Waals surface area (Å²) in [6.45, 7) is 9.96. The molecule has 0 radical (unpaired) electrons. The number of hydrogen-bond acceptors (Lipinski definition) is 2. The molecule has 4 rings (SSSR count). The molecule has 0 amide bonds. The molecule has 0 saturated heterocycles. The Morgan fingerprint density at radius 2 is 1.65 bits per heavy atom. The predicted octanol–water partition coefficient (Wildman–Crippen LogP) is 5.41. The zero-order valence-corrected chi connectivity index (χ0v) is 17.6. The fourth-order valence-electron chi connectivity index (χ4n) is 8.75. The summed E-state index contributed by atoms with van der Waals surface area (Å²) >= 11 is 0. The van der Waals surface area contributed by atoms with E-state index in [1.165, 1.54) is 44.9 Å². The summed E-state index contributed by atoms with van der Waals surface area (Å²) in [6.07, 6.45) is 12.5. The van der Waals surface area contributed by atoms with Crippen LogP contribution in [0.1, 0.15) is 91.9 Å². The van der Waals surface area contributed by atoms with Crippen molar-refractivity contribution in [3.8, 4) is 0 Å². The average Bonchev–Trinajstić information content (AvgIpc) is 2.99. The molecule has 0 aromatic heterocycles. The van der Waals surface area contributed by atoms with E-state index < -0.39 is 0 Å². The van der Waals surface area contributed by atoms with Crippen LogP contribution in [0.15, 0.2) is 0 Å². The van der Waals surface area contributed by atoms with Crippen LogP contribution < -0.4 is 0 Å². The molecule has 26 heavy (non-hydrogen) atoms. The molecule has 0 aromatic carbocycles. The standard InChI is InChI=1S/C24H42O2/c1-5-24(26)13-12-22(3)17(14-24)6-7-18-20-9-8-19(16(2)15-25)23(20,4)11-10-21(18)22/h16-21,25-26H,5-15H2,1-4H3/t16?,17-,18+,19-,20+,21+,22+,23-,24-/m1/s1. The van der Waals surface area contributed by atoms with Crippen LogP contribution in [0.2, 0.25) is 0 Å². The Bertz CT molecular complexity index is 532. The molecule has 0 heterocycles. The van der Waals surface area contributed by atoms with Gasteiger partial charge in [0.15, 0.2) is 0 Å². The highest BCUT2D eigenvalue weighted by molar-refractivity contribution is 5.10. The van der Waals surface area contributed by atoms with Gasteiger partial charge in [0.2, 0.25) is 0 Å². The van der Waals surface area contributed by atoms with E-state index >= 15 is 0 Å². The molecule has 150 valence electrons. The molecule has 4 aliphatic rings. The molecule has 9 atom stereocenters. The van der Waals surface area contributed by atoms with Crippen LogP contribution in [-0.2, 0) is 0 Å². The summed E-state index contributed by atoms with van der Waals surface area (Å²) in [5, 5.41) is 20.7. The van der Waals surface area contributed by atoms with Crippen molar-refractivity contribution in [3.05, 3.63) is 0 Å². The number of fused-ring (bicyclic) bond motifs is 5. The SMILES string of the molecule is CC[C@@]1(O)CC[C@@]2(C)[C@H](CC[C@@H]3[C@@H]2CC[C@]2(C)[C@@H](C(C)CO)CC[C@@H]32)C1. The minimum Gasteiger partial charge on any atom is -0.396 e. The Balaban J connectivity index is 1.57. The average molecular weight is 363 g/mol. The highest BCUT2D eigenvalue weighted by atomic mass is 16.3. The summed E-state index contributed by atoms with van der Waals surface area (Å²) in [7, 11) is 0. The summed E-state index contributed by atoms with van der Waals surface area (Å²) in [5.41, 5.74) is 0.548. The third kappa shape index (κ3) is 2.65. The van der Waals surface area contributed by atoms with Gasteiger partial charge in [0, 0.05) is 6.61 Å². The first kappa shape index (κ1) is 19.2. The smallest absolute Gasteiger partial charge is 0.0648 e. The lowest BCUT2D eigenvalue weighted by Crippen LogP contribution is -2.56. The summed E-state index contributed by atoms with van der Waals surface area (Å²) in [6, 6.07) is 0. The molecule has 0 spiro atoms. The zero-order chi connectivity index (χ0) is 18.7. The zero-order valence-electron chi connectivity index (χ0n) is 17.6. The van der Waals surface area contributed by atoms with Crippen LogP contribution in [0, 0.1) is 46.3 Å². The Hall–Kier alpha value is -0.0800. The molecule has 0 aliphatic heterocycles. The molecule has 2 N–H and O–H groups in total. The van der Waals surface area contributed by atoms with Gasteiger partial charge >= 0.3 is 0 Å². The molecule has 1 unspecified atom stereocenters. The van der Waals surface area contributed by atoms with Gasteiger partial charge in [-0.05, 0) is 111 Å². The van der Waals surface area contributed by atoms with Gasteiger partial charge in [0.05, 0.1) is 5.60 Å². The van der Waals surface area contributed by atoms with E-state index in [1.807, 2.05) is 0 Å². The van der Waals surface area contributed by atoms with E-state index in [9.17, 15) is 10.2 Å². The molecule has 4 saturated carbocycles. The normalized spacial score (nSPS) is 54.9. The number of aliphatic hydroxyl groups is 2. The minimum atomic E-state index is -0.380. The van der Waals surface area contributed by atoms with Crippen molar-refractivity contribution in [1.29, 1.82) is 0 Å². The monoisotopic (exact) mass is 362 g/mol. The van der Waals surface area contributed by atoms with E-state index in [2.05, 4.69) is 27.7 Å². The largest absolute Gasteiger partial charge is 0.396 e. The van der Waals surface area contributed by atoms with Gasteiger partial charge in [-0.2, -0.15) is 0 Å². The fourth-order valence-corrected chi connectivity index (χ4v) is 8.75. The van der Waals surface area contributed by atoms with Crippen molar-refractivity contribution >= 4 is 0 Å². The van der Waals surface area contributed by atoms with Crippen LogP contribution in [0.5, 0.6) is 0 Å². The van der Waals surface area contributed by atoms with Gasteiger partial charge in [0.1, 0.15) is 0 Å². The quantitative estimate of drug-likeness (QED) is 0.704. The molecule has 0 bridgehead atoms. The maximum absolute atomic E-state index is 10.9. The Morgan fingerprint density at radius 1 is 0.923 bits per heavy atom. The highest BCUT2D eigenvalue weighted by Gasteiger charge is 2.61. The van der Waals surface area contributed by atoms with Crippen molar-refractivity contribution in [2.75, 3.05) is 6.61 Å². The van der Waals surface area contributed by atoms with E-state index in [1.54, 1.807) is 0 Å². The van der Waals surface area contributed by atoms with Gasteiger partial charge < -0.3 is 10.2 Å². The van der Waals surface area contributed by atoms with Crippen LogP contribution in [-0.4, -0.2) is 22.4 Å². The molecular formula is C24H42O2. The third-order valence-electron chi connectivity index (χ3n) is 10.5. The van der Waals surface area contributed by atoms with E-state index in [4.69, 9.17) is 0 Å². The lowest BCUT2D eigenvalue weighted by atomic mass is 9.43. The first-order valence-corrected chi connectivity index (χ1v) is 11.6. The predicted molar refractivity (Wildman–Crippen MR) is 107 cm³/mol. The maximum atomic E-state index is 10.9. The highest BCUT2D eigenvalue weighted by Crippen LogP contribution is 2.68. The first-order valence-electron chi connectivity index (χ1n) is 11.6. The van der Waals surface area contributed by atoms with Crippen molar-refractivity contribution < 1.29 is 10.2 Å². The second-order valence-corrected chi connectivity index (χ2v) is 11.3. The van der Waals surface area contributed by atoms with E-state index in [0.29, 0.717) is 23.4 Å². The van der Waals surface area contributed by atoms with Gasteiger partial charge in [-0.15, -0.1) is 0 Å². The second kappa shape index (κ2) is 6.48. The number of aliphatic hydroxyl groups excluding tert-OH is 1. The molecular weight excluding hydrogens is 320 g/mol.